The van der Waals surface area contributed by atoms with Crippen molar-refractivity contribution in [3.8, 4) is 5.69 Å². The Bertz CT molecular complexity index is 1510. The second-order valence-corrected chi connectivity index (χ2v) is 10.7. The number of fused-ring (bicyclic) bond motifs is 1. The van der Waals surface area contributed by atoms with E-state index in [2.05, 4.69) is 30.1 Å². The van der Waals surface area contributed by atoms with Gasteiger partial charge in [-0.2, -0.15) is 9.97 Å². The van der Waals surface area contributed by atoms with E-state index in [4.69, 9.17) is 28.9 Å². The van der Waals surface area contributed by atoms with Gasteiger partial charge in [0, 0.05) is 50.3 Å². The molecule has 12 heteroatoms. The summed E-state index contributed by atoms with van der Waals surface area (Å²) in [6.07, 6.45) is 1.51. The monoisotopic (exact) mass is 554 g/mol. The number of nitrogen functional groups attached to an aromatic ring is 1. The molecule has 3 heterocycles. The normalized spacial score (nSPS) is 14.7. The Morgan fingerprint density at radius 1 is 1.03 bits per heavy atom. The number of aromatic nitrogens is 4. The molecule has 1 fully saturated rings. The number of hydrogen-bond donors (Lipinski definition) is 3. The standard InChI is InChI=1S/C26H28Cl2N8O2/c1-26(2,38)15-34-10-12-35(13-11-34)17-8-6-16(7-9-17)31-24-30-14-18-22(29)36(25(37)33-23(18)32-24)21-19(27)4-3-5-20(21)28/h3-9,14,38H,10-13,15,29H2,1-2H3,(H,31,32,33,37). The fraction of sp³-hybridized carbons (Fsp3) is 0.308. The highest BCUT2D eigenvalue weighted by atomic mass is 35.5. The van der Waals surface area contributed by atoms with Crippen LogP contribution in [0, 0.1) is 0 Å². The molecule has 0 spiro atoms. The molecule has 0 amide bonds. The fourth-order valence-corrected chi connectivity index (χ4v) is 5.14. The highest BCUT2D eigenvalue weighted by molar-refractivity contribution is 6.37. The minimum absolute atomic E-state index is 0.0913. The Kier molecular flexibility index (Phi) is 7.15. The molecular weight excluding hydrogens is 527 g/mol. The summed E-state index contributed by atoms with van der Waals surface area (Å²) in [6.45, 7) is 7.91. The number of aliphatic hydroxyl groups is 1. The molecule has 1 saturated heterocycles. The number of β-amino-alcohol motifs (C(OH)–C–C–N with tert-alkyl or cyclic N) is 1. The summed E-state index contributed by atoms with van der Waals surface area (Å²) in [6, 6.07) is 12.9. The number of benzene rings is 2. The molecule has 0 unspecified atom stereocenters. The molecule has 0 aliphatic carbocycles. The number of anilines is 4. The van der Waals surface area contributed by atoms with Gasteiger partial charge in [0.15, 0.2) is 5.65 Å². The molecule has 0 radical (unpaired) electrons. The lowest BCUT2D eigenvalue weighted by Gasteiger charge is -2.38. The third-order valence-electron chi connectivity index (χ3n) is 6.31. The Balaban J connectivity index is 1.32. The van der Waals surface area contributed by atoms with Gasteiger partial charge < -0.3 is 21.1 Å². The van der Waals surface area contributed by atoms with Crippen LogP contribution in [0.3, 0.4) is 0 Å². The predicted molar refractivity (Wildman–Crippen MR) is 152 cm³/mol. The molecule has 4 aromatic rings. The van der Waals surface area contributed by atoms with Crippen LogP contribution in [0.25, 0.3) is 16.7 Å². The maximum absolute atomic E-state index is 12.9. The number of piperazine rings is 1. The van der Waals surface area contributed by atoms with E-state index in [0.717, 1.165) is 42.1 Å². The number of rotatable bonds is 6. The van der Waals surface area contributed by atoms with Crippen LogP contribution in [0.2, 0.25) is 10.0 Å². The maximum atomic E-state index is 12.9. The highest BCUT2D eigenvalue weighted by Crippen LogP contribution is 2.30. The van der Waals surface area contributed by atoms with Crippen LogP contribution in [0.5, 0.6) is 0 Å². The number of nitrogens with two attached hydrogens (primary N) is 1. The molecule has 38 heavy (non-hydrogen) atoms. The SMILES string of the molecule is CC(C)(O)CN1CCN(c2ccc(Nc3ncc4c(N)n(-c5c(Cl)cccc5Cl)c(=O)nc4n3)cc2)CC1. The van der Waals surface area contributed by atoms with Crippen molar-refractivity contribution in [3.63, 3.8) is 0 Å². The highest BCUT2D eigenvalue weighted by Gasteiger charge is 2.23. The van der Waals surface area contributed by atoms with Gasteiger partial charge in [0.1, 0.15) is 5.82 Å². The molecule has 198 valence electrons. The average Bonchev–Trinajstić information content (AvgIpc) is 2.86. The summed E-state index contributed by atoms with van der Waals surface area (Å²) in [5.41, 5.74) is 7.28. The third-order valence-corrected chi connectivity index (χ3v) is 6.92. The van der Waals surface area contributed by atoms with Crippen molar-refractivity contribution in [2.45, 2.75) is 19.4 Å². The second-order valence-electron chi connectivity index (χ2n) is 9.86. The van der Waals surface area contributed by atoms with Crippen molar-refractivity contribution < 1.29 is 5.11 Å². The molecule has 5 rings (SSSR count). The van der Waals surface area contributed by atoms with Crippen molar-refractivity contribution in [1.82, 2.24) is 24.4 Å². The molecule has 10 nitrogen and oxygen atoms in total. The lowest BCUT2D eigenvalue weighted by atomic mass is 10.1. The summed E-state index contributed by atoms with van der Waals surface area (Å²) in [5.74, 6) is 0.374. The molecular formula is C26H28Cl2N8O2. The molecule has 2 aromatic heterocycles. The molecule has 4 N–H and O–H groups in total. The number of para-hydroxylation sites is 1. The first-order chi connectivity index (χ1) is 18.1. The van der Waals surface area contributed by atoms with E-state index < -0.39 is 11.3 Å². The minimum atomic E-state index is -0.693. The molecule has 0 atom stereocenters. The summed E-state index contributed by atoms with van der Waals surface area (Å²) in [4.78, 5) is 30.3. The number of nitrogens with one attached hydrogen (secondary N) is 1. The minimum Gasteiger partial charge on any atom is -0.389 e. The topological polar surface area (TPSA) is 125 Å². The number of hydrogen-bond acceptors (Lipinski definition) is 9. The second kappa shape index (κ2) is 10.4. The van der Waals surface area contributed by atoms with Gasteiger partial charge in [0.05, 0.1) is 26.7 Å². The van der Waals surface area contributed by atoms with Crippen molar-refractivity contribution in [2.75, 3.05) is 48.7 Å². The summed E-state index contributed by atoms with van der Waals surface area (Å²) < 4.78 is 1.16. The lowest BCUT2D eigenvalue weighted by molar-refractivity contribution is 0.0345. The molecule has 0 saturated carbocycles. The molecule has 1 aliphatic heterocycles. The maximum Gasteiger partial charge on any atom is 0.355 e. The smallest absolute Gasteiger partial charge is 0.355 e. The van der Waals surface area contributed by atoms with Gasteiger partial charge in [-0.3, -0.25) is 4.90 Å². The Hall–Kier alpha value is -3.44. The van der Waals surface area contributed by atoms with Gasteiger partial charge >= 0.3 is 5.69 Å². The van der Waals surface area contributed by atoms with E-state index in [1.807, 2.05) is 38.1 Å². The molecule has 2 aromatic carbocycles. The largest absolute Gasteiger partial charge is 0.389 e. The zero-order valence-electron chi connectivity index (χ0n) is 21.0. The fourth-order valence-electron chi connectivity index (χ4n) is 4.58. The zero-order valence-corrected chi connectivity index (χ0v) is 22.5. The summed E-state index contributed by atoms with van der Waals surface area (Å²) >= 11 is 12.6. The van der Waals surface area contributed by atoms with E-state index in [1.165, 1.54) is 6.20 Å². The first-order valence-corrected chi connectivity index (χ1v) is 12.9. The van der Waals surface area contributed by atoms with E-state index in [9.17, 15) is 9.90 Å². The van der Waals surface area contributed by atoms with Crippen molar-refractivity contribution >= 4 is 57.4 Å². The van der Waals surface area contributed by atoms with Crippen LogP contribution in [0.15, 0.2) is 53.5 Å². The van der Waals surface area contributed by atoms with Crippen LogP contribution in [0.1, 0.15) is 13.8 Å². The Labute approximate surface area is 229 Å². The van der Waals surface area contributed by atoms with E-state index in [0.29, 0.717) is 11.9 Å². The number of halogens is 2. The van der Waals surface area contributed by atoms with Crippen molar-refractivity contribution in [1.29, 1.82) is 0 Å². The van der Waals surface area contributed by atoms with E-state index in [-0.39, 0.29) is 33.1 Å². The van der Waals surface area contributed by atoms with Crippen LogP contribution >= 0.6 is 23.2 Å². The number of nitrogens with zero attached hydrogens (tertiary/aromatic N) is 6. The third kappa shape index (κ3) is 5.53. The van der Waals surface area contributed by atoms with Crippen LogP contribution < -0.4 is 21.6 Å². The van der Waals surface area contributed by atoms with Gasteiger partial charge in [-0.15, -0.1) is 0 Å². The Morgan fingerprint density at radius 3 is 2.32 bits per heavy atom. The Morgan fingerprint density at radius 2 is 1.68 bits per heavy atom. The lowest BCUT2D eigenvalue weighted by Crippen LogP contribution is -2.50. The zero-order chi connectivity index (χ0) is 27.0. The van der Waals surface area contributed by atoms with Crippen LogP contribution in [0.4, 0.5) is 23.1 Å². The van der Waals surface area contributed by atoms with E-state index >= 15 is 0 Å². The first-order valence-electron chi connectivity index (χ1n) is 12.2. The predicted octanol–water partition coefficient (Wildman–Crippen LogP) is 3.70. The quantitative estimate of drug-likeness (QED) is 0.327. The van der Waals surface area contributed by atoms with Gasteiger partial charge in [-0.1, -0.05) is 29.3 Å². The van der Waals surface area contributed by atoms with Gasteiger partial charge in [0.25, 0.3) is 0 Å². The van der Waals surface area contributed by atoms with Crippen LogP contribution in [-0.4, -0.2) is 67.9 Å². The van der Waals surface area contributed by atoms with Crippen molar-refractivity contribution in [2.24, 2.45) is 0 Å². The van der Waals surface area contributed by atoms with Gasteiger partial charge in [-0.25, -0.2) is 14.3 Å². The van der Waals surface area contributed by atoms with Gasteiger partial charge in [0.2, 0.25) is 5.95 Å². The van der Waals surface area contributed by atoms with E-state index in [1.54, 1.807) is 18.2 Å². The molecule has 1 aliphatic rings. The summed E-state index contributed by atoms with van der Waals surface area (Å²) in [7, 11) is 0. The average molecular weight is 555 g/mol. The molecule has 0 bridgehead atoms. The van der Waals surface area contributed by atoms with Gasteiger partial charge in [-0.05, 0) is 50.2 Å². The van der Waals surface area contributed by atoms with Crippen molar-refractivity contribution in [3.05, 3.63) is 69.2 Å². The first kappa shape index (κ1) is 26.2. The summed E-state index contributed by atoms with van der Waals surface area (Å²) in [5, 5.41) is 14.1. The van der Waals surface area contributed by atoms with Crippen LogP contribution in [-0.2, 0) is 0 Å².